The van der Waals surface area contributed by atoms with Gasteiger partial charge in [-0.15, -0.1) is 0 Å². The summed E-state index contributed by atoms with van der Waals surface area (Å²) in [5.41, 5.74) is 0.0567. The summed E-state index contributed by atoms with van der Waals surface area (Å²) in [4.78, 5) is 0. The lowest BCUT2D eigenvalue weighted by molar-refractivity contribution is 0.0146. The summed E-state index contributed by atoms with van der Waals surface area (Å²) in [6, 6.07) is 2.91. The molecule has 0 aromatic rings. The predicted molar refractivity (Wildman–Crippen MR) is 125 cm³/mol. The zero-order valence-electron chi connectivity index (χ0n) is 19.8. The van der Waals surface area contributed by atoms with Crippen molar-refractivity contribution in [2.75, 3.05) is 0 Å². The van der Waals surface area contributed by atoms with E-state index in [1.807, 2.05) is 0 Å². The molecular formula is C28H49N. The van der Waals surface area contributed by atoms with Gasteiger partial charge in [-0.25, -0.2) is 0 Å². The molecule has 0 aromatic heterocycles. The lowest BCUT2D eigenvalue weighted by atomic mass is 9.53. The van der Waals surface area contributed by atoms with Crippen LogP contribution in [0.1, 0.15) is 136 Å². The third kappa shape index (κ3) is 6.24. The second kappa shape index (κ2) is 11.8. The zero-order valence-corrected chi connectivity index (χ0v) is 19.8. The minimum Gasteiger partial charge on any atom is -0.198 e. The van der Waals surface area contributed by atoms with Crippen molar-refractivity contribution in [3.8, 4) is 6.07 Å². The number of nitriles is 1. The van der Waals surface area contributed by atoms with E-state index < -0.39 is 0 Å². The topological polar surface area (TPSA) is 23.8 Å². The molecule has 29 heavy (non-hydrogen) atoms. The Balaban J connectivity index is 1.44. The van der Waals surface area contributed by atoms with Crippen LogP contribution in [0.2, 0.25) is 0 Å². The van der Waals surface area contributed by atoms with Gasteiger partial charge in [0.1, 0.15) is 0 Å². The monoisotopic (exact) mass is 399 g/mol. The molecule has 3 aliphatic rings. The van der Waals surface area contributed by atoms with Crippen LogP contribution >= 0.6 is 0 Å². The molecule has 3 aliphatic carbocycles. The van der Waals surface area contributed by atoms with Crippen molar-refractivity contribution < 1.29 is 0 Å². The van der Waals surface area contributed by atoms with Crippen molar-refractivity contribution in [2.45, 2.75) is 136 Å². The number of hydrogen-bond donors (Lipinski definition) is 0. The van der Waals surface area contributed by atoms with Crippen LogP contribution in [0, 0.1) is 46.3 Å². The molecular weight excluding hydrogens is 350 g/mol. The SMILES string of the molecule is CCCCCCC[C@@H]1CC[C@@H]2CC(C3CCC(CCCC)CC3)CC[C@]2(C#N)C1. The van der Waals surface area contributed by atoms with Gasteiger partial charge in [-0.2, -0.15) is 5.26 Å². The van der Waals surface area contributed by atoms with E-state index in [1.54, 1.807) is 0 Å². The smallest absolute Gasteiger partial charge is 0.0692 e. The molecule has 0 aliphatic heterocycles. The van der Waals surface area contributed by atoms with Crippen molar-refractivity contribution >= 4 is 0 Å². The highest BCUT2D eigenvalue weighted by Gasteiger charge is 2.48. The highest BCUT2D eigenvalue weighted by molar-refractivity contribution is 5.09. The van der Waals surface area contributed by atoms with Crippen molar-refractivity contribution in [1.82, 2.24) is 0 Å². The molecule has 166 valence electrons. The Morgan fingerprint density at radius 2 is 1.41 bits per heavy atom. The van der Waals surface area contributed by atoms with Crippen molar-refractivity contribution in [1.29, 1.82) is 5.26 Å². The van der Waals surface area contributed by atoms with E-state index in [4.69, 9.17) is 0 Å². The molecule has 1 unspecified atom stereocenters. The van der Waals surface area contributed by atoms with Crippen LogP contribution in [0.3, 0.4) is 0 Å². The van der Waals surface area contributed by atoms with Crippen molar-refractivity contribution in [3.63, 3.8) is 0 Å². The molecule has 0 amide bonds. The van der Waals surface area contributed by atoms with Crippen LogP contribution in [0.4, 0.5) is 0 Å². The van der Waals surface area contributed by atoms with Crippen molar-refractivity contribution in [2.24, 2.45) is 35.0 Å². The van der Waals surface area contributed by atoms with Crippen LogP contribution in [-0.2, 0) is 0 Å². The fraction of sp³-hybridized carbons (Fsp3) is 0.964. The van der Waals surface area contributed by atoms with E-state index in [0.717, 1.165) is 29.6 Å². The standard InChI is InChI=1S/C28H49N/c1-3-5-7-8-9-11-24-14-17-27-20-26(18-19-28(27,21-24)22-29)25-15-12-23(13-16-25)10-6-4-2/h23-27H,3-21H2,1-2H3/t23?,24-,25?,26?,27-,28-/m1/s1. The average molecular weight is 400 g/mol. The van der Waals surface area contributed by atoms with Crippen molar-refractivity contribution in [3.05, 3.63) is 0 Å². The number of fused-ring (bicyclic) bond motifs is 1. The molecule has 1 heteroatoms. The first-order valence-electron chi connectivity index (χ1n) is 13.6. The number of nitrogens with zero attached hydrogens (tertiary/aromatic N) is 1. The van der Waals surface area contributed by atoms with Gasteiger partial charge >= 0.3 is 0 Å². The quantitative estimate of drug-likeness (QED) is 0.336. The van der Waals surface area contributed by atoms with Gasteiger partial charge < -0.3 is 0 Å². The average Bonchev–Trinajstić information content (AvgIpc) is 2.77. The first kappa shape index (κ1) is 23.2. The van der Waals surface area contributed by atoms with Crippen LogP contribution < -0.4 is 0 Å². The Hall–Kier alpha value is -0.510. The molecule has 0 saturated heterocycles. The van der Waals surface area contributed by atoms with Gasteiger partial charge in [-0.1, -0.05) is 90.9 Å². The molecule has 3 rings (SSSR count). The van der Waals surface area contributed by atoms with Crippen LogP contribution in [0.5, 0.6) is 0 Å². The molecule has 0 spiro atoms. The van der Waals surface area contributed by atoms with Gasteiger partial charge in [0.05, 0.1) is 11.5 Å². The van der Waals surface area contributed by atoms with Gasteiger partial charge in [0.2, 0.25) is 0 Å². The molecule has 0 radical (unpaired) electrons. The molecule has 0 bridgehead atoms. The number of rotatable bonds is 10. The van der Waals surface area contributed by atoms with Gasteiger partial charge in [0.25, 0.3) is 0 Å². The first-order valence-corrected chi connectivity index (χ1v) is 13.6. The van der Waals surface area contributed by atoms with Crippen LogP contribution in [0.25, 0.3) is 0 Å². The van der Waals surface area contributed by atoms with Gasteiger partial charge in [-0.3, -0.25) is 0 Å². The highest BCUT2D eigenvalue weighted by Crippen LogP contribution is 2.56. The highest BCUT2D eigenvalue weighted by atomic mass is 14.5. The molecule has 0 aromatic carbocycles. The normalized spacial score (nSPS) is 37.6. The third-order valence-corrected chi connectivity index (χ3v) is 9.37. The molecule has 3 saturated carbocycles. The maximum atomic E-state index is 10.2. The summed E-state index contributed by atoms with van der Waals surface area (Å²) in [6.45, 7) is 4.63. The molecule has 3 fully saturated rings. The second-order valence-corrected chi connectivity index (χ2v) is 11.3. The zero-order chi connectivity index (χ0) is 20.5. The Morgan fingerprint density at radius 1 is 0.724 bits per heavy atom. The number of unbranched alkanes of at least 4 members (excludes halogenated alkanes) is 5. The Bertz CT molecular complexity index is 497. The fourth-order valence-corrected chi connectivity index (χ4v) is 7.42. The predicted octanol–water partition coefficient (Wildman–Crippen LogP) is 9.07. The summed E-state index contributed by atoms with van der Waals surface area (Å²) < 4.78 is 0. The minimum atomic E-state index is 0.0567. The Morgan fingerprint density at radius 3 is 2.14 bits per heavy atom. The summed E-state index contributed by atoms with van der Waals surface area (Å²) in [5, 5.41) is 10.2. The first-order chi connectivity index (χ1) is 14.2. The lowest BCUT2D eigenvalue weighted by Crippen LogP contribution is -2.42. The third-order valence-electron chi connectivity index (χ3n) is 9.37. The maximum absolute atomic E-state index is 10.2. The Kier molecular flexibility index (Phi) is 9.40. The molecule has 4 atom stereocenters. The minimum absolute atomic E-state index is 0.0567. The fourth-order valence-electron chi connectivity index (χ4n) is 7.42. The van der Waals surface area contributed by atoms with E-state index in [1.165, 1.54) is 122 Å². The van der Waals surface area contributed by atoms with E-state index in [9.17, 15) is 5.26 Å². The van der Waals surface area contributed by atoms with Crippen LogP contribution in [0.15, 0.2) is 0 Å². The van der Waals surface area contributed by atoms with Gasteiger partial charge in [0, 0.05) is 0 Å². The maximum Gasteiger partial charge on any atom is 0.0692 e. The summed E-state index contributed by atoms with van der Waals surface area (Å²) in [6.07, 6.45) is 26.6. The second-order valence-electron chi connectivity index (χ2n) is 11.3. The largest absolute Gasteiger partial charge is 0.198 e. The van der Waals surface area contributed by atoms with Gasteiger partial charge in [-0.05, 0) is 74.5 Å². The van der Waals surface area contributed by atoms with E-state index in [-0.39, 0.29) is 5.41 Å². The summed E-state index contributed by atoms with van der Waals surface area (Å²) in [5.74, 6) is 4.53. The van der Waals surface area contributed by atoms with E-state index in [2.05, 4.69) is 19.9 Å². The Labute approximate surface area is 182 Å². The molecule has 0 N–H and O–H groups in total. The van der Waals surface area contributed by atoms with E-state index in [0.29, 0.717) is 0 Å². The molecule has 0 heterocycles. The summed E-state index contributed by atoms with van der Waals surface area (Å²) in [7, 11) is 0. The lowest BCUT2D eigenvalue weighted by Gasteiger charge is -2.50. The summed E-state index contributed by atoms with van der Waals surface area (Å²) >= 11 is 0. The van der Waals surface area contributed by atoms with E-state index >= 15 is 0 Å². The number of hydrogen-bond acceptors (Lipinski definition) is 1. The van der Waals surface area contributed by atoms with Crippen LogP contribution in [-0.4, -0.2) is 0 Å². The molecule has 1 nitrogen and oxygen atoms in total. The van der Waals surface area contributed by atoms with Gasteiger partial charge in [0.15, 0.2) is 0 Å².